The summed E-state index contributed by atoms with van der Waals surface area (Å²) in [4.78, 5) is 84.3. The Morgan fingerprint density at radius 3 is 2.55 bits per heavy atom. The number of cyclic esters (lactones) is 1. The molecule has 3 fully saturated rings. The van der Waals surface area contributed by atoms with Crippen molar-refractivity contribution in [3.05, 3.63) is 66.3 Å². The summed E-state index contributed by atoms with van der Waals surface area (Å²) in [6.45, 7) is 11.4. The predicted octanol–water partition coefficient (Wildman–Crippen LogP) is 3.55. The first-order valence-electron chi connectivity index (χ1n) is 18.9. The summed E-state index contributed by atoms with van der Waals surface area (Å²) in [6, 6.07) is 4.69. The van der Waals surface area contributed by atoms with Crippen LogP contribution in [0.3, 0.4) is 0 Å². The molecule has 6 rings (SSSR count). The second-order valence-electron chi connectivity index (χ2n) is 16.2. The second kappa shape index (κ2) is 15.8. The molecule has 2 saturated carbocycles. The molecule has 4 amide bonds. The number of esters is 1. The number of fused-ring (bicyclic) bond motifs is 3. The van der Waals surface area contributed by atoms with Gasteiger partial charge in [0.1, 0.15) is 6.10 Å². The molecule has 14 nitrogen and oxygen atoms in total. The molecule has 0 unspecified atom stereocenters. The number of rotatable bonds is 10. The van der Waals surface area contributed by atoms with Crippen molar-refractivity contribution in [2.45, 2.75) is 95.7 Å². The number of amides is 4. The number of carbonyl (C=O) groups is 6. The van der Waals surface area contributed by atoms with Crippen molar-refractivity contribution in [2.75, 3.05) is 19.7 Å². The fraction of sp³-hybridized carbons (Fsp3) is 0.550. The van der Waals surface area contributed by atoms with Crippen LogP contribution in [0.4, 0.5) is 4.79 Å². The quantitative estimate of drug-likeness (QED) is 0.202. The summed E-state index contributed by atoms with van der Waals surface area (Å²) < 4.78 is 39.2. The van der Waals surface area contributed by atoms with E-state index in [1.165, 1.54) is 11.0 Å². The third kappa shape index (κ3) is 9.03. The molecule has 4 bridgehead atoms. The van der Waals surface area contributed by atoms with Crippen molar-refractivity contribution >= 4 is 51.7 Å². The van der Waals surface area contributed by atoms with Gasteiger partial charge in [0.25, 0.3) is 0 Å². The zero-order valence-corrected chi connectivity index (χ0v) is 32.2. The molecule has 296 valence electrons. The summed E-state index contributed by atoms with van der Waals surface area (Å²) in [6.07, 6.45) is 6.66. The number of carbonyl (C=O) groups excluding carboxylic acids is 6. The number of nitrogens with zero attached hydrogens (tertiary/aromatic N) is 2. The average molecular weight is 779 g/mol. The van der Waals surface area contributed by atoms with Crippen LogP contribution in [0.25, 0.3) is 6.08 Å². The number of sulfonamides is 1. The Hall–Kier alpha value is -4.79. The molecule has 1 aromatic carbocycles. The van der Waals surface area contributed by atoms with E-state index >= 15 is 0 Å². The van der Waals surface area contributed by atoms with Crippen molar-refractivity contribution in [3.63, 3.8) is 0 Å². The summed E-state index contributed by atoms with van der Waals surface area (Å²) in [5.74, 6) is -4.85. The molecular weight excluding hydrogens is 729 g/mol. The van der Waals surface area contributed by atoms with Crippen LogP contribution in [0, 0.1) is 22.7 Å². The molecule has 3 heterocycles. The maximum absolute atomic E-state index is 14.4. The molecule has 2 aliphatic carbocycles. The SMILES string of the molecule is C=CC(=O)NC[C@@H]1CC(=O)OCC(C)(C)CC/C=C/c2cccc3c2CN(C3)C(=O)O[C@@H]2C[C@@H](C(=O)C[C@]3(C(=O)NS(=O)(=O)C4CC4)C[C@H]3C=C)N(C2)C1=O. The number of nitrogens with one attached hydrogen (secondary N) is 2. The van der Waals surface area contributed by atoms with Gasteiger partial charge in [-0.05, 0) is 66.2 Å². The minimum atomic E-state index is -3.91. The highest BCUT2D eigenvalue weighted by Gasteiger charge is 2.61. The van der Waals surface area contributed by atoms with Crippen LogP contribution >= 0.6 is 0 Å². The first kappa shape index (κ1) is 39.9. The summed E-state index contributed by atoms with van der Waals surface area (Å²) in [5.41, 5.74) is 1.17. The van der Waals surface area contributed by atoms with Gasteiger partial charge in [-0.15, -0.1) is 6.58 Å². The zero-order chi connectivity index (χ0) is 39.7. The Morgan fingerprint density at radius 2 is 1.85 bits per heavy atom. The molecule has 5 atom stereocenters. The van der Waals surface area contributed by atoms with Crippen LogP contribution in [-0.2, 0) is 56.6 Å². The fourth-order valence-corrected chi connectivity index (χ4v) is 9.14. The van der Waals surface area contributed by atoms with Crippen LogP contribution in [0.1, 0.15) is 81.9 Å². The third-order valence-electron chi connectivity index (χ3n) is 11.4. The molecule has 15 heteroatoms. The monoisotopic (exact) mass is 778 g/mol. The molecule has 2 N–H and O–H groups in total. The standard InChI is InChI=1S/C40H50N4O10S/c1-5-28-18-40(28,37(49)42-55(51,52)30-13-14-30)19-33(45)32-17-29-22-44(32)36(48)27(20-41-34(46)6-2)16-35(47)53-24-39(3,4)15-8-7-10-25-11-9-12-26-21-43(23-31(25)26)38(50)54-29/h5-7,9-12,27-30,32H,1-2,8,13-24H2,3-4H3,(H,41,46)(H,42,49)/b10-7+/t27-,28+,29+,32-,40+/m0/s1. The lowest BCUT2D eigenvalue weighted by atomic mass is 9.88. The Kier molecular flexibility index (Phi) is 11.4. The van der Waals surface area contributed by atoms with E-state index in [1.54, 1.807) is 4.90 Å². The molecule has 55 heavy (non-hydrogen) atoms. The van der Waals surface area contributed by atoms with Gasteiger partial charge in [0.2, 0.25) is 27.7 Å². The maximum atomic E-state index is 14.4. The Balaban J connectivity index is 1.29. The topological polar surface area (TPSA) is 186 Å². The lowest BCUT2D eigenvalue weighted by molar-refractivity contribution is -0.152. The van der Waals surface area contributed by atoms with Crippen molar-refractivity contribution in [2.24, 2.45) is 22.7 Å². The molecule has 0 radical (unpaired) electrons. The van der Waals surface area contributed by atoms with Gasteiger partial charge in [-0.25, -0.2) is 13.2 Å². The number of ether oxygens (including phenoxy) is 2. The summed E-state index contributed by atoms with van der Waals surface area (Å²) in [7, 11) is -3.91. The van der Waals surface area contributed by atoms with Gasteiger partial charge in [-0.3, -0.25) is 33.6 Å². The van der Waals surface area contributed by atoms with Gasteiger partial charge in [0.15, 0.2) is 5.78 Å². The van der Waals surface area contributed by atoms with Gasteiger partial charge in [-0.1, -0.05) is 56.9 Å². The van der Waals surface area contributed by atoms with E-state index in [4.69, 9.17) is 9.47 Å². The minimum absolute atomic E-state index is 0.0865. The number of allylic oxidation sites excluding steroid dienone is 2. The maximum Gasteiger partial charge on any atom is 0.410 e. The molecular formula is C40H50N4O10S. The van der Waals surface area contributed by atoms with Crippen LogP contribution < -0.4 is 10.0 Å². The van der Waals surface area contributed by atoms with E-state index in [1.807, 2.05) is 38.1 Å². The highest BCUT2D eigenvalue weighted by atomic mass is 32.2. The van der Waals surface area contributed by atoms with Gasteiger partial charge in [0.05, 0.1) is 48.7 Å². The molecule has 5 aliphatic rings. The largest absolute Gasteiger partial charge is 0.465 e. The Bertz CT molecular complexity index is 1920. The smallest absolute Gasteiger partial charge is 0.410 e. The second-order valence-corrected chi connectivity index (χ2v) is 18.2. The Morgan fingerprint density at radius 1 is 1.09 bits per heavy atom. The molecule has 1 saturated heterocycles. The van der Waals surface area contributed by atoms with E-state index in [-0.39, 0.29) is 32.5 Å². The van der Waals surface area contributed by atoms with Gasteiger partial charge in [0, 0.05) is 25.9 Å². The van der Waals surface area contributed by atoms with E-state index in [0.29, 0.717) is 38.8 Å². The van der Waals surface area contributed by atoms with Crippen LogP contribution in [0.5, 0.6) is 0 Å². The molecule has 1 aromatic rings. The number of Topliss-reactive ketones (excluding diaryl/α,β-unsaturated/α-hetero) is 1. The first-order valence-corrected chi connectivity index (χ1v) is 20.4. The normalized spacial score (nSPS) is 28.7. The van der Waals surface area contributed by atoms with Gasteiger partial charge >= 0.3 is 12.1 Å². The molecule has 0 aromatic heterocycles. The lowest BCUT2D eigenvalue weighted by Crippen LogP contribution is -2.48. The molecule has 3 aliphatic heterocycles. The fourth-order valence-electron chi connectivity index (χ4n) is 7.76. The number of hydrogen-bond donors (Lipinski definition) is 2. The molecule has 0 spiro atoms. The van der Waals surface area contributed by atoms with Crippen LogP contribution in [-0.4, -0.2) is 90.9 Å². The van der Waals surface area contributed by atoms with Crippen molar-refractivity contribution in [1.29, 1.82) is 0 Å². The summed E-state index contributed by atoms with van der Waals surface area (Å²) in [5, 5.41) is 1.92. The van der Waals surface area contributed by atoms with E-state index in [0.717, 1.165) is 22.8 Å². The van der Waals surface area contributed by atoms with Crippen molar-refractivity contribution in [1.82, 2.24) is 19.8 Å². The highest BCUT2D eigenvalue weighted by Crippen LogP contribution is 2.57. The van der Waals surface area contributed by atoms with E-state index in [2.05, 4.69) is 29.3 Å². The number of hydrogen-bond acceptors (Lipinski definition) is 10. The Labute approximate surface area is 321 Å². The first-order chi connectivity index (χ1) is 26.1. The zero-order valence-electron chi connectivity index (χ0n) is 31.4. The predicted molar refractivity (Wildman–Crippen MR) is 201 cm³/mol. The average Bonchev–Trinajstić information content (AvgIpc) is 4.04. The van der Waals surface area contributed by atoms with Crippen molar-refractivity contribution < 1.29 is 46.7 Å². The van der Waals surface area contributed by atoms with Crippen LogP contribution in [0.15, 0.2) is 49.6 Å². The number of ketones is 1. The van der Waals surface area contributed by atoms with E-state index < -0.39 is 98.5 Å². The van der Waals surface area contributed by atoms with Crippen molar-refractivity contribution in [3.8, 4) is 0 Å². The highest BCUT2D eigenvalue weighted by molar-refractivity contribution is 7.90. The van der Waals surface area contributed by atoms with Gasteiger partial charge < -0.3 is 19.7 Å². The van der Waals surface area contributed by atoms with E-state index in [9.17, 15) is 37.2 Å². The third-order valence-corrected chi connectivity index (χ3v) is 13.2. The van der Waals surface area contributed by atoms with Crippen LogP contribution in [0.2, 0.25) is 0 Å². The van der Waals surface area contributed by atoms with Gasteiger partial charge in [-0.2, -0.15) is 0 Å². The lowest BCUT2D eigenvalue weighted by Gasteiger charge is -2.29. The number of benzene rings is 1. The summed E-state index contributed by atoms with van der Waals surface area (Å²) >= 11 is 0. The minimum Gasteiger partial charge on any atom is -0.465 e.